The number of nitrogens with two attached hydrogens (primary N) is 1. The van der Waals surface area contributed by atoms with Gasteiger partial charge in [0.2, 0.25) is 0 Å². The zero-order valence-corrected chi connectivity index (χ0v) is 5.32. The lowest BCUT2D eigenvalue weighted by Gasteiger charge is -1.98. The van der Waals surface area contributed by atoms with Gasteiger partial charge in [0.1, 0.15) is 0 Å². The number of nitrogens with zero attached hydrogens (tertiary/aromatic N) is 1. The number of hydrogen-bond acceptors (Lipinski definition) is 4. The van der Waals surface area contributed by atoms with Gasteiger partial charge in [0.15, 0.2) is 5.88 Å². The first-order valence-electron chi connectivity index (χ1n) is 2.78. The molecule has 1 aromatic rings. The van der Waals surface area contributed by atoms with E-state index in [9.17, 15) is 0 Å². The van der Waals surface area contributed by atoms with Crippen LogP contribution in [0.5, 0.6) is 5.88 Å². The van der Waals surface area contributed by atoms with E-state index in [4.69, 9.17) is 10.8 Å². The predicted octanol–water partition coefficient (Wildman–Crippen LogP) is -0.699. The Morgan fingerprint density at radius 1 is 1.60 bits per heavy atom. The maximum absolute atomic E-state index is 8.30. The van der Waals surface area contributed by atoms with Crippen molar-refractivity contribution >= 4 is 13.4 Å². The van der Waals surface area contributed by atoms with Crippen LogP contribution in [0.15, 0.2) is 18.3 Å². The highest BCUT2D eigenvalue weighted by molar-refractivity contribution is 6.17. The molecule has 52 valence electrons. The molecular formula is C5H7BN2O2. The van der Waals surface area contributed by atoms with Gasteiger partial charge in [-0.05, 0) is 6.07 Å². The quantitative estimate of drug-likeness (QED) is 0.530. The minimum atomic E-state index is -0.364. The number of anilines is 1. The van der Waals surface area contributed by atoms with Crippen molar-refractivity contribution in [3.05, 3.63) is 18.3 Å². The summed E-state index contributed by atoms with van der Waals surface area (Å²) in [5.41, 5.74) is 5.92. The molecule has 10 heavy (non-hydrogen) atoms. The molecule has 0 aliphatic carbocycles. The minimum Gasteiger partial charge on any atom is -0.525 e. The van der Waals surface area contributed by atoms with E-state index in [-0.39, 0.29) is 7.69 Å². The van der Waals surface area contributed by atoms with Gasteiger partial charge in [-0.2, -0.15) is 0 Å². The smallest absolute Gasteiger partial charge is 0.505 e. The third-order valence-corrected chi connectivity index (χ3v) is 0.972. The van der Waals surface area contributed by atoms with E-state index < -0.39 is 0 Å². The zero-order valence-electron chi connectivity index (χ0n) is 5.32. The van der Waals surface area contributed by atoms with E-state index in [2.05, 4.69) is 9.64 Å². The molecule has 5 heteroatoms. The van der Waals surface area contributed by atoms with Crippen LogP contribution in [0.25, 0.3) is 0 Å². The number of nitrogen functional groups attached to an aromatic ring is 1. The third kappa shape index (κ3) is 1.63. The van der Waals surface area contributed by atoms with Crippen molar-refractivity contribution in [3.8, 4) is 5.88 Å². The lowest BCUT2D eigenvalue weighted by atomic mass is 10.4. The minimum absolute atomic E-state index is 0.364. The van der Waals surface area contributed by atoms with Crippen LogP contribution < -0.4 is 10.4 Å². The van der Waals surface area contributed by atoms with Crippen molar-refractivity contribution in [2.75, 3.05) is 5.73 Å². The molecular weight excluding hydrogens is 131 g/mol. The summed E-state index contributed by atoms with van der Waals surface area (Å²) < 4.78 is 4.65. The molecule has 0 aliphatic rings. The number of hydrogen-bond donors (Lipinski definition) is 2. The summed E-state index contributed by atoms with van der Waals surface area (Å²) in [6, 6.07) is 3.24. The van der Waals surface area contributed by atoms with E-state index in [1.807, 2.05) is 0 Å². The number of aromatic nitrogens is 1. The average Bonchev–Trinajstić information content (AvgIpc) is 1.95. The van der Waals surface area contributed by atoms with E-state index in [1.54, 1.807) is 12.1 Å². The fraction of sp³-hybridized carbons (Fsp3) is 0. The van der Waals surface area contributed by atoms with Gasteiger partial charge < -0.3 is 15.4 Å². The summed E-state index contributed by atoms with van der Waals surface area (Å²) in [6.45, 7) is 0. The molecule has 0 saturated carbocycles. The fourth-order valence-electron chi connectivity index (χ4n) is 0.543. The van der Waals surface area contributed by atoms with E-state index in [1.165, 1.54) is 6.20 Å². The standard InChI is InChI=1S/C5H7BN2O2/c7-4-1-2-5(8-3-4)10-6-9/h1-3,6,9H,7H2. The summed E-state index contributed by atoms with van der Waals surface area (Å²) in [5.74, 6) is 0.372. The Morgan fingerprint density at radius 2 is 2.40 bits per heavy atom. The summed E-state index contributed by atoms with van der Waals surface area (Å²) in [5, 5.41) is 8.30. The normalized spacial score (nSPS) is 8.90. The van der Waals surface area contributed by atoms with Crippen LogP contribution in [0.3, 0.4) is 0 Å². The Hall–Kier alpha value is -1.23. The van der Waals surface area contributed by atoms with Crippen LogP contribution in [-0.4, -0.2) is 17.7 Å². The molecule has 0 atom stereocenters. The van der Waals surface area contributed by atoms with Gasteiger partial charge in [0, 0.05) is 6.07 Å². The van der Waals surface area contributed by atoms with Gasteiger partial charge in [-0.25, -0.2) is 4.98 Å². The molecule has 1 rings (SSSR count). The predicted molar refractivity (Wildman–Crippen MR) is 38.6 cm³/mol. The van der Waals surface area contributed by atoms with Crippen molar-refractivity contribution in [2.24, 2.45) is 0 Å². The van der Waals surface area contributed by atoms with Gasteiger partial charge in [0.25, 0.3) is 0 Å². The Balaban J connectivity index is 2.69. The Morgan fingerprint density at radius 3 is 2.90 bits per heavy atom. The first kappa shape index (κ1) is 6.89. The van der Waals surface area contributed by atoms with Crippen molar-refractivity contribution in [2.45, 2.75) is 0 Å². The van der Waals surface area contributed by atoms with Gasteiger partial charge in [-0.1, -0.05) is 0 Å². The van der Waals surface area contributed by atoms with Crippen LogP contribution in [0, 0.1) is 0 Å². The van der Waals surface area contributed by atoms with Crippen LogP contribution in [0.4, 0.5) is 5.69 Å². The lowest BCUT2D eigenvalue weighted by molar-refractivity contribution is 0.443. The fourth-order valence-corrected chi connectivity index (χ4v) is 0.543. The highest BCUT2D eigenvalue weighted by Crippen LogP contribution is 2.06. The molecule has 0 radical (unpaired) electrons. The SMILES string of the molecule is Nc1ccc(OBO)nc1. The third-order valence-electron chi connectivity index (χ3n) is 0.972. The van der Waals surface area contributed by atoms with Crippen molar-refractivity contribution in [1.29, 1.82) is 0 Å². The van der Waals surface area contributed by atoms with E-state index >= 15 is 0 Å². The summed E-state index contributed by atoms with van der Waals surface area (Å²) in [7, 11) is -0.364. The molecule has 3 N–H and O–H groups in total. The molecule has 0 aliphatic heterocycles. The average molecular weight is 138 g/mol. The van der Waals surface area contributed by atoms with Crippen molar-refractivity contribution < 1.29 is 9.68 Å². The first-order chi connectivity index (χ1) is 4.83. The number of pyridine rings is 1. The Kier molecular flexibility index (Phi) is 2.12. The second-order valence-corrected chi connectivity index (χ2v) is 1.70. The van der Waals surface area contributed by atoms with Crippen molar-refractivity contribution in [3.63, 3.8) is 0 Å². The van der Waals surface area contributed by atoms with Gasteiger partial charge in [-0.3, -0.25) is 0 Å². The molecule has 0 bridgehead atoms. The molecule has 0 amide bonds. The molecule has 0 saturated heterocycles. The molecule has 4 nitrogen and oxygen atoms in total. The highest BCUT2D eigenvalue weighted by atomic mass is 16.5. The molecule has 0 unspecified atom stereocenters. The van der Waals surface area contributed by atoms with Crippen molar-refractivity contribution in [1.82, 2.24) is 4.98 Å². The van der Waals surface area contributed by atoms with Crippen LogP contribution >= 0.6 is 0 Å². The molecule has 0 spiro atoms. The second-order valence-electron chi connectivity index (χ2n) is 1.70. The van der Waals surface area contributed by atoms with Gasteiger partial charge in [-0.15, -0.1) is 0 Å². The molecule has 1 heterocycles. The summed E-state index contributed by atoms with van der Waals surface area (Å²) >= 11 is 0. The van der Waals surface area contributed by atoms with Crippen LogP contribution in [-0.2, 0) is 0 Å². The van der Waals surface area contributed by atoms with E-state index in [0.29, 0.717) is 11.6 Å². The Bertz CT molecular complexity index is 201. The highest BCUT2D eigenvalue weighted by Gasteiger charge is 1.92. The maximum Gasteiger partial charge on any atom is 0.505 e. The second kappa shape index (κ2) is 3.07. The largest absolute Gasteiger partial charge is 0.525 e. The lowest BCUT2D eigenvalue weighted by Crippen LogP contribution is -2.01. The summed E-state index contributed by atoms with van der Waals surface area (Å²) in [6.07, 6.45) is 1.46. The van der Waals surface area contributed by atoms with Gasteiger partial charge >= 0.3 is 7.69 Å². The Labute approximate surface area is 59.0 Å². The van der Waals surface area contributed by atoms with Crippen LogP contribution in [0.2, 0.25) is 0 Å². The first-order valence-corrected chi connectivity index (χ1v) is 2.78. The molecule has 0 aromatic carbocycles. The topological polar surface area (TPSA) is 68.4 Å². The number of rotatable bonds is 2. The summed E-state index contributed by atoms with van der Waals surface area (Å²) in [4.78, 5) is 3.76. The monoisotopic (exact) mass is 138 g/mol. The van der Waals surface area contributed by atoms with E-state index in [0.717, 1.165) is 0 Å². The molecule has 1 aromatic heterocycles. The molecule has 0 fully saturated rings. The maximum atomic E-state index is 8.30. The van der Waals surface area contributed by atoms with Gasteiger partial charge in [0.05, 0.1) is 11.9 Å². The zero-order chi connectivity index (χ0) is 7.40. The van der Waals surface area contributed by atoms with Crippen LogP contribution in [0.1, 0.15) is 0 Å².